The number of benzene rings is 1. The zero-order valence-electron chi connectivity index (χ0n) is 12.1. The van der Waals surface area contributed by atoms with Crippen molar-refractivity contribution in [1.29, 1.82) is 0 Å². The molecular weight excluding hydrogens is 237 g/mol. The molecule has 0 bridgehead atoms. The average Bonchev–Trinajstić information content (AvgIpc) is 2.60. The van der Waals surface area contributed by atoms with Crippen molar-refractivity contribution in [3.05, 3.63) is 35.4 Å². The molecule has 2 amide bonds. The molecule has 1 aromatic carbocycles. The van der Waals surface area contributed by atoms with E-state index in [0.717, 1.165) is 25.7 Å². The molecule has 0 saturated carbocycles. The average molecular weight is 255 g/mol. The van der Waals surface area contributed by atoms with Crippen LogP contribution in [0.5, 0.6) is 0 Å². The van der Waals surface area contributed by atoms with Gasteiger partial charge >= 0.3 is 29.6 Å². The summed E-state index contributed by atoms with van der Waals surface area (Å²) in [5, 5.41) is 0. The number of amides is 2. The molecule has 4 heteroatoms. The van der Waals surface area contributed by atoms with E-state index in [9.17, 15) is 9.59 Å². The van der Waals surface area contributed by atoms with Gasteiger partial charge in [0, 0.05) is 6.54 Å². The minimum absolute atomic E-state index is 0. The number of imide groups is 1. The summed E-state index contributed by atoms with van der Waals surface area (Å²) in [5.74, 6) is -0.274. The normalized spacial score (nSPS) is 13.5. The summed E-state index contributed by atoms with van der Waals surface area (Å²) < 4.78 is 0. The Morgan fingerprint density at radius 3 is 2.06 bits per heavy atom. The minimum Gasteiger partial charge on any atom is -1.00 e. The first-order valence-electron chi connectivity index (χ1n) is 6.21. The largest absolute Gasteiger partial charge is 1.00 e. The van der Waals surface area contributed by atoms with Crippen molar-refractivity contribution >= 4 is 11.8 Å². The van der Waals surface area contributed by atoms with Gasteiger partial charge in [-0.2, -0.15) is 0 Å². The van der Waals surface area contributed by atoms with E-state index in [1.807, 2.05) is 0 Å². The Labute approximate surface area is 131 Å². The van der Waals surface area contributed by atoms with Gasteiger partial charge in [0.1, 0.15) is 0 Å². The van der Waals surface area contributed by atoms with Crippen LogP contribution in [-0.2, 0) is 0 Å². The number of rotatable bonds is 5. The molecule has 1 aromatic rings. The maximum Gasteiger partial charge on any atom is 1.00 e. The van der Waals surface area contributed by atoms with Crippen LogP contribution in [0.15, 0.2) is 24.3 Å². The SMILES string of the molecule is CCCCCCN1C(=O)c2ccccc2C1=O.[H-].[Na+]. The topological polar surface area (TPSA) is 37.4 Å². The molecule has 0 fully saturated rings. The summed E-state index contributed by atoms with van der Waals surface area (Å²) in [6, 6.07) is 7.04. The van der Waals surface area contributed by atoms with E-state index < -0.39 is 0 Å². The molecule has 0 N–H and O–H groups in total. The van der Waals surface area contributed by atoms with Gasteiger partial charge in [0.05, 0.1) is 11.1 Å². The van der Waals surface area contributed by atoms with Gasteiger partial charge in [-0.15, -0.1) is 0 Å². The van der Waals surface area contributed by atoms with E-state index in [1.54, 1.807) is 24.3 Å². The molecule has 1 aliphatic heterocycles. The fourth-order valence-corrected chi connectivity index (χ4v) is 2.14. The predicted molar refractivity (Wildman–Crippen MR) is 67.1 cm³/mol. The van der Waals surface area contributed by atoms with Gasteiger partial charge in [-0.25, -0.2) is 0 Å². The van der Waals surface area contributed by atoms with E-state index in [1.165, 1.54) is 4.90 Å². The van der Waals surface area contributed by atoms with Crippen LogP contribution in [0, 0.1) is 0 Å². The van der Waals surface area contributed by atoms with E-state index in [4.69, 9.17) is 0 Å². The molecule has 0 atom stereocenters. The molecule has 1 aliphatic rings. The fraction of sp³-hybridized carbons (Fsp3) is 0.429. The van der Waals surface area contributed by atoms with Crippen molar-refractivity contribution < 1.29 is 40.6 Å². The molecule has 3 nitrogen and oxygen atoms in total. The van der Waals surface area contributed by atoms with E-state index in [0.29, 0.717) is 17.7 Å². The molecule has 1 heterocycles. The van der Waals surface area contributed by atoms with Crippen LogP contribution in [0.3, 0.4) is 0 Å². The third kappa shape index (κ3) is 3.02. The van der Waals surface area contributed by atoms with E-state index >= 15 is 0 Å². The van der Waals surface area contributed by atoms with Gasteiger partial charge < -0.3 is 1.43 Å². The second-order valence-electron chi connectivity index (χ2n) is 4.37. The van der Waals surface area contributed by atoms with Crippen LogP contribution in [0.4, 0.5) is 0 Å². The summed E-state index contributed by atoms with van der Waals surface area (Å²) >= 11 is 0. The quantitative estimate of drug-likeness (QED) is 0.421. The van der Waals surface area contributed by atoms with E-state index in [-0.39, 0.29) is 42.8 Å². The van der Waals surface area contributed by atoms with Gasteiger partial charge in [-0.05, 0) is 18.6 Å². The number of hydrogen-bond donors (Lipinski definition) is 0. The monoisotopic (exact) mass is 255 g/mol. The van der Waals surface area contributed by atoms with Crippen LogP contribution in [-0.4, -0.2) is 23.3 Å². The van der Waals surface area contributed by atoms with Crippen LogP contribution in [0.2, 0.25) is 0 Å². The Morgan fingerprint density at radius 2 is 1.56 bits per heavy atom. The van der Waals surface area contributed by atoms with Gasteiger partial charge in [-0.1, -0.05) is 38.3 Å². The summed E-state index contributed by atoms with van der Waals surface area (Å²) in [5.41, 5.74) is 1.10. The molecule has 18 heavy (non-hydrogen) atoms. The zero-order valence-corrected chi connectivity index (χ0v) is 13.1. The Bertz CT molecular complexity index is 416. The predicted octanol–water partition coefficient (Wildman–Crippen LogP) is -0.0206. The van der Waals surface area contributed by atoms with Gasteiger partial charge in [0.25, 0.3) is 11.8 Å². The number of nitrogens with zero attached hydrogens (tertiary/aromatic N) is 1. The Balaban J connectivity index is 0.00000162. The standard InChI is InChI=1S/C14H17NO2.Na.H/c1-2-3-4-7-10-15-13(16)11-8-5-6-9-12(11)14(15)17;;/h5-6,8-9H,2-4,7,10H2,1H3;;/q;+1;-1. The third-order valence-corrected chi connectivity index (χ3v) is 3.11. The second-order valence-corrected chi connectivity index (χ2v) is 4.37. The van der Waals surface area contributed by atoms with Crippen LogP contribution in [0.25, 0.3) is 0 Å². The van der Waals surface area contributed by atoms with Crippen LogP contribution in [0.1, 0.15) is 54.7 Å². The van der Waals surface area contributed by atoms with Crippen molar-refractivity contribution in [2.45, 2.75) is 32.6 Å². The van der Waals surface area contributed by atoms with Gasteiger partial charge in [0.15, 0.2) is 0 Å². The number of hydrogen-bond acceptors (Lipinski definition) is 2. The number of carbonyl (C=O) groups is 2. The second kappa shape index (κ2) is 7.07. The number of unbranched alkanes of at least 4 members (excludes halogenated alkanes) is 3. The Kier molecular flexibility index (Phi) is 6.06. The molecule has 0 aliphatic carbocycles. The number of carbonyl (C=O) groups excluding carboxylic acids is 2. The van der Waals surface area contributed by atoms with Crippen molar-refractivity contribution in [3.63, 3.8) is 0 Å². The molecule has 0 saturated heterocycles. The first-order valence-corrected chi connectivity index (χ1v) is 6.21. The molecule has 92 valence electrons. The molecule has 0 spiro atoms. The van der Waals surface area contributed by atoms with Gasteiger partial charge in [-0.3, -0.25) is 14.5 Å². The first kappa shape index (κ1) is 15.4. The smallest absolute Gasteiger partial charge is 1.00 e. The molecule has 0 radical (unpaired) electrons. The maximum atomic E-state index is 12.0. The van der Waals surface area contributed by atoms with Crippen molar-refractivity contribution in [2.75, 3.05) is 6.54 Å². The minimum atomic E-state index is -0.137. The van der Waals surface area contributed by atoms with E-state index in [2.05, 4.69) is 6.92 Å². The first-order chi connectivity index (χ1) is 8.25. The molecule has 0 aromatic heterocycles. The van der Waals surface area contributed by atoms with Crippen LogP contribution >= 0.6 is 0 Å². The molecular formula is C14H18NNaO2. The van der Waals surface area contributed by atoms with Crippen molar-refractivity contribution in [3.8, 4) is 0 Å². The summed E-state index contributed by atoms with van der Waals surface area (Å²) in [7, 11) is 0. The Morgan fingerprint density at radius 1 is 1.00 bits per heavy atom. The van der Waals surface area contributed by atoms with Gasteiger partial charge in [0.2, 0.25) is 0 Å². The Hall–Kier alpha value is -0.640. The summed E-state index contributed by atoms with van der Waals surface area (Å²) in [6.45, 7) is 2.69. The summed E-state index contributed by atoms with van der Waals surface area (Å²) in [4.78, 5) is 25.3. The molecule has 2 rings (SSSR count). The van der Waals surface area contributed by atoms with Crippen molar-refractivity contribution in [2.24, 2.45) is 0 Å². The third-order valence-electron chi connectivity index (χ3n) is 3.11. The summed E-state index contributed by atoms with van der Waals surface area (Å²) in [6.07, 6.45) is 4.29. The number of fused-ring (bicyclic) bond motifs is 1. The molecule has 0 unspecified atom stereocenters. The fourth-order valence-electron chi connectivity index (χ4n) is 2.14. The van der Waals surface area contributed by atoms with Crippen molar-refractivity contribution in [1.82, 2.24) is 4.90 Å². The van der Waals surface area contributed by atoms with Crippen LogP contribution < -0.4 is 29.6 Å². The zero-order chi connectivity index (χ0) is 12.3. The maximum absolute atomic E-state index is 12.0.